The number of rotatable bonds is 6. The summed E-state index contributed by atoms with van der Waals surface area (Å²) in [6, 6.07) is 8.73. The second-order valence-electron chi connectivity index (χ2n) is 6.17. The van der Waals surface area contributed by atoms with Crippen LogP contribution in [0.4, 0.5) is 5.69 Å². The Balaban J connectivity index is 2.07. The molecule has 0 heterocycles. The van der Waals surface area contributed by atoms with Crippen molar-refractivity contribution in [1.82, 2.24) is 4.72 Å². The average molecular weight is 412 g/mol. The number of primary sulfonamides is 1. The maximum Gasteiger partial charge on any atom is 0.241 e. The number of amides is 1. The molecule has 1 amide bonds. The first kappa shape index (κ1) is 21.0. The predicted octanol–water partition coefficient (Wildman–Crippen LogP) is 1.18. The van der Waals surface area contributed by atoms with Gasteiger partial charge in [-0.1, -0.05) is 17.7 Å². The van der Waals surface area contributed by atoms with Gasteiger partial charge in [-0.2, -0.15) is 0 Å². The van der Waals surface area contributed by atoms with Crippen LogP contribution in [0, 0.1) is 20.8 Å². The van der Waals surface area contributed by atoms with Crippen molar-refractivity contribution < 1.29 is 21.6 Å². The number of sulfonamides is 2. The number of hydrogen-bond acceptors (Lipinski definition) is 5. The molecule has 0 aliphatic carbocycles. The summed E-state index contributed by atoms with van der Waals surface area (Å²) < 4.78 is 49.7. The van der Waals surface area contributed by atoms with Crippen molar-refractivity contribution >= 4 is 31.6 Å². The minimum atomic E-state index is -3.86. The Morgan fingerprint density at radius 3 is 1.96 bits per heavy atom. The van der Waals surface area contributed by atoms with Crippen molar-refractivity contribution in [1.29, 1.82) is 0 Å². The average Bonchev–Trinajstić information content (AvgIpc) is 2.51. The van der Waals surface area contributed by atoms with Crippen LogP contribution in [0.25, 0.3) is 0 Å². The highest BCUT2D eigenvalue weighted by molar-refractivity contribution is 7.89. The monoisotopic (exact) mass is 411 g/mol. The van der Waals surface area contributed by atoms with E-state index in [1.807, 2.05) is 6.92 Å². The molecule has 0 spiro atoms. The molecule has 0 fully saturated rings. The first-order valence-electron chi connectivity index (χ1n) is 7.90. The van der Waals surface area contributed by atoms with Crippen LogP contribution in [0.2, 0.25) is 0 Å². The van der Waals surface area contributed by atoms with E-state index in [0.29, 0.717) is 16.8 Å². The second-order valence-corrected chi connectivity index (χ2v) is 9.44. The molecule has 4 N–H and O–H groups in total. The van der Waals surface area contributed by atoms with Crippen LogP contribution in [0.3, 0.4) is 0 Å². The van der Waals surface area contributed by atoms with Crippen LogP contribution in [0.5, 0.6) is 0 Å². The van der Waals surface area contributed by atoms with Gasteiger partial charge in [0.05, 0.1) is 16.3 Å². The van der Waals surface area contributed by atoms with Gasteiger partial charge in [0.2, 0.25) is 26.0 Å². The third-order valence-corrected chi connectivity index (χ3v) is 6.40. The molecule has 0 radical (unpaired) electrons. The Bertz CT molecular complexity index is 1050. The predicted molar refractivity (Wildman–Crippen MR) is 102 cm³/mol. The van der Waals surface area contributed by atoms with Crippen molar-refractivity contribution in [3.8, 4) is 0 Å². The third-order valence-electron chi connectivity index (χ3n) is 3.76. The van der Waals surface area contributed by atoms with Crippen molar-refractivity contribution in [2.75, 3.05) is 11.9 Å². The van der Waals surface area contributed by atoms with E-state index in [9.17, 15) is 21.6 Å². The van der Waals surface area contributed by atoms with E-state index in [4.69, 9.17) is 5.14 Å². The molecule has 0 saturated carbocycles. The van der Waals surface area contributed by atoms with Crippen molar-refractivity contribution in [3.05, 3.63) is 53.1 Å². The Hall–Kier alpha value is -2.27. The lowest BCUT2D eigenvalue weighted by molar-refractivity contribution is -0.115. The van der Waals surface area contributed by atoms with Crippen molar-refractivity contribution in [2.45, 2.75) is 30.6 Å². The fraction of sp³-hybridized carbons (Fsp3) is 0.235. The van der Waals surface area contributed by atoms with E-state index in [1.165, 1.54) is 24.3 Å². The smallest absolute Gasteiger partial charge is 0.241 e. The lowest BCUT2D eigenvalue weighted by Gasteiger charge is -2.13. The Labute approximate surface area is 158 Å². The summed E-state index contributed by atoms with van der Waals surface area (Å²) >= 11 is 0. The highest BCUT2D eigenvalue weighted by atomic mass is 32.2. The van der Waals surface area contributed by atoms with E-state index in [0.717, 1.165) is 5.56 Å². The van der Waals surface area contributed by atoms with Crippen LogP contribution < -0.4 is 15.2 Å². The summed E-state index contributed by atoms with van der Waals surface area (Å²) in [4.78, 5) is 12.1. The van der Waals surface area contributed by atoms with Gasteiger partial charge in [0.15, 0.2) is 0 Å². The largest absolute Gasteiger partial charge is 0.325 e. The number of aryl methyl sites for hydroxylation is 3. The standard InChI is InChI=1S/C17H21N3O5S2/c1-11-8-12(2)17(13(3)9-11)27(24,25)19-10-16(21)20-14-4-6-15(7-5-14)26(18,22)23/h4-9,19H,10H2,1-3H3,(H,20,21)(H2,18,22,23). The van der Waals surface area contributed by atoms with Gasteiger partial charge in [-0.25, -0.2) is 26.7 Å². The van der Waals surface area contributed by atoms with Crippen LogP contribution >= 0.6 is 0 Å². The van der Waals surface area contributed by atoms with Crippen LogP contribution in [0.15, 0.2) is 46.2 Å². The maximum atomic E-state index is 12.5. The summed E-state index contributed by atoms with van der Waals surface area (Å²) in [7, 11) is -7.68. The topological polar surface area (TPSA) is 135 Å². The molecule has 0 aromatic heterocycles. The summed E-state index contributed by atoms with van der Waals surface area (Å²) in [5.41, 5.74) is 2.46. The zero-order valence-corrected chi connectivity index (χ0v) is 16.7. The molecule has 0 saturated heterocycles. The molecule has 10 heteroatoms. The molecule has 2 rings (SSSR count). The fourth-order valence-corrected chi connectivity index (χ4v) is 4.70. The van der Waals surface area contributed by atoms with Crippen molar-refractivity contribution in [3.63, 3.8) is 0 Å². The van der Waals surface area contributed by atoms with E-state index >= 15 is 0 Å². The number of nitrogens with one attached hydrogen (secondary N) is 2. The zero-order chi connectivity index (χ0) is 20.4. The number of nitrogens with two attached hydrogens (primary N) is 1. The van der Waals surface area contributed by atoms with E-state index < -0.39 is 32.5 Å². The van der Waals surface area contributed by atoms with Gasteiger partial charge < -0.3 is 5.32 Å². The molecular formula is C17H21N3O5S2. The zero-order valence-electron chi connectivity index (χ0n) is 15.1. The molecule has 2 aromatic carbocycles. The number of hydrogen-bond donors (Lipinski definition) is 3. The molecule has 2 aromatic rings. The molecule has 0 atom stereocenters. The molecule has 0 aliphatic heterocycles. The summed E-state index contributed by atoms with van der Waals surface area (Å²) in [6.45, 7) is 4.80. The van der Waals surface area contributed by atoms with Gasteiger partial charge in [-0.3, -0.25) is 4.79 Å². The Morgan fingerprint density at radius 2 is 1.48 bits per heavy atom. The Morgan fingerprint density at radius 1 is 0.963 bits per heavy atom. The summed E-state index contributed by atoms with van der Waals surface area (Å²) in [5, 5.41) is 7.48. The van der Waals surface area contributed by atoms with Gasteiger partial charge in [0.1, 0.15) is 0 Å². The van der Waals surface area contributed by atoms with Gasteiger partial charge in [0.25, 0.3) is 0 Å². The maximum absolute atomic E-state index is 12.5. The quantitative estimate of drug-likeness (QED) is 0.656. The molecule has 0 bridgehead atoms. The van der Waals surface area contributed by atoms with Crippen molar-refractivity contribution in [2.24, 2.45) is 5.14 Å². The minimum Gasteiger partial charge on any atom is -0.325 e. The SMILES string of the molecule is Cc1cc(C)c(S(=O)(=O)NCC(=O)Nc2ccc(S(N)(=O)=O)cc2)c(C)c1. The summed E-state index contributed by atoms with van der Waals surface area (Å²) in [6.07, 6.45) is 0. The molecule has 8 nitrogen and oxygen atoms in total. The first-order valence-corrected chi connectivity index (χ1v) is 10.9. The van der Waals surface area contributed by atoms with Gasteiger partial charge >= 0.3 is 0 Å². The third kappa shape index (κ3) is 5.36. The number of carbonyl (C=O) groups excluding carboxylic acids is 1. The number of benzene rings is 2. The lowest BCUT2D eigenvalue weighted by atomic mass is 10.1. The van der Waals surface area contributed by atoms with E-state index in [1.54, 1.807) is 26.0 Å². The molecule has 0 unspecified atom stereocenters. The van der Waals surface area contributed by atoms with Gasteiger partial charge in [-0.05, 0) is 56.2 Å². The van der Waals surface area contributed by atoms with Crippen LogP contribution in [-0.2, 0) is 24.8 Å². The fourth-order valence-electron chi connectivity index (χ4n) is 2.76. The molecule has 0 aliphatic rings. The normalized spacial score (nSPS) is 12.0. The van der Waals surface area contributed by atoms with Crippen LogP contribution in [0.1, 0.15) is 16.7 Å². The number of carbonyl (C=O) groups is 1. The van der Waals surface area contributed by atoms with Gasteiger partial charge in [0, 0.05) is 5.69 Å². The Kier molecular flexibility index (Phi) is 6.05. The molecular weight excluding hydrogens is 390 g/mol. The summed E-state index contributed by atoms with van der Waals surface area (Å²) in [5.74, 6) is -0.593. The van der Waals surface area contributed by atoms with E-state index in [-0.39, 0.29) is 9.79 Å². The van der Waals surface area contributed by atoms with E-state index in [2.05, 4.69) is 10.0 Å². The molecule has 146 valence electrons. The lowest BCUT2D eigenvalue weighted by Crippen LogP contribution is -2.33. The molecule has 27 heavy (non-hydrogen) atoms. The first-order chi connectivity index (χ1) is 12.4. The highest BCUT2D eigenvalue weighted by Gasteiger charge is 2.20. The van der Waals surface area contributed by atoms with Gasteiger partial charge in [-0.15, -0.1) is 0 Å². The van der Waals surface area contributed by atoms with Crippen LogP contribution in [-0.4, -0.2) is 29.3 Å². The number of anilines is 1. The highest BCUT2D eigenvalue weighted by Crippen LogP contribution is 2.21. The minimum absolute atomic E-state index is 0.0912. The second kappa shape index (κ2) is 7.77.